The van der Waals surface area contributed by atoms with E-state index < -0.39 is 5.97 Å². The number of para-hydroxylation sites is 1. The van der Waals surface area contributed by atoms with Crippen LogP contribution in [0.4, 0.5) is 0 Å². The number of hydrogen-bond donors (Lipinski definition) is 0. The van der Waals surface area contributed by atoms with Gasteiger partial charge >= 0.3 is 5.97 Å². The average Bonchev–Trinajstić information content (AvgIpc) is 2.96. The fraction of sp³-hybridized carbons (Fsp3) is 0.0588. The number of ether oxygens (including phenoxy) is 1. The van der Waals surface area contributed by atoms with E-state index in [1.807, 2.05) is 36.4 Å². The number of thiazole rings is 1. The second-order valence-corrected chi connectivity index (χ2v) is 5.37. The zero-order valence-electron chi connectivity index (χ0n) is 11.1. The summed E-state index contributed by atoms with van der Waals surface area (Å²) in [5, 5.41) is 0.930. The molecule has 0 amide bonds. The van der Waals surface area contributed by atoms with Crippen molar-refractivity contribution >= 4 is 27.5 Å². The molecular weight excluding hydrogens is 282 g/mol. The van der Waals surface area contributed by atoms with Crippen molar-refractivity contribution in [2.24, 2.45) is 0 Å². The van der Waals surface area contributed by atoms with E-state index in [4.69, 9.17) is 11.2 Å². The lowest BCUT2D eigenvalue weighted by Crippen LogP contribution is -2.04. The number of nitrogens with zero attached hydrogens (tertiary/aromatic N) is 1. The quantitative estimate of drug-likeness (QED) is 0.545. The van der Waals surface area contributed by atoms with Crippen molar-refractivity contribution in [1.29, 1.82) is 0 Å². The predicted octanol–water partition coefficient (Wildman–Crippen LogP) is 3.75. The number of esters is 1. The molecule has 0 N–H and O–H groups in total. The van der Waals surface area contributed by atoms with Crippen molar-refractivity contribution in [3.63, 3.8) is 0 Å². The molecule has 0 aliphatic rings. The number of aromatic nitrogens is 1. The first kappa shape index (κ1) is 13.3. The van der Waals surface area contributed by atoms with Crippen LogP contribution in [0, 0.1) is 12.3 Å². The van der Waals surface area contributed by atoms with Crippen molar-refractivity contribution in [3.05, 3.63) is 54.1 Å². The first-order valence-electron chi connectivity index (χ1n) is 6.34. The second-order valence-electron chi connectivity index (χ2n) is 4.34. The summed E-state index contributed by atoms with van der Waals surface area (Å²) >= 11 is 1.62. The van der Waals surface area contributed by atoms with Gasteiger partial charge in [0, 0.05) is 5.56 Å². The molecule has 102 valence electrons. The van der Waals surface area contributed by atoms with E-state index in [2.05, 4.69) is 10.9 Å². The fourth-order valence-electron chi connectivity index (χ4n) is 1.94. The van der Waals surface area contributed by atoms with Gasteiger partial charge in [-0.2, -0.15) is 0 Å². The Kier molecular flexibility index (Phi) is 3.67. The summed E-state index contributed by atoms with van der Waals surface area (Å²) in [5.41, 5.74) is 2.44. The topological polar surface area (TPSA) is 39.2 Å². The molecule has 0 saturated heterocycles. The number of benzene rings is 2. The first-order chi connectivity index (χ1) is 10.3. The Morgan fingerprint density at radius 1 is 1.19 bits per heavy atom. The van der Waals surface area contributed by atoms with Gasteiger partial charge in [0.15, 0.2) is 6.61 Å². The van der Waals surface area contributed by atoms with Crippen LogP contribution in [0.2, 0.25) is 0 Å². The van der Waals surface area contributed by atoms with E-state index in [0.717, 1.165) is 20.8 Å². The monoisotopic (exact) mass is 293 g/mol. The lowest BCUT2D eigenvalue weighted by atomic mass is 10.1. The molecule has 4 heteroatoms. The zero-order valence-corrected chi connectivity index (χ0v) is 11.9. The summed E-state index contributed by atoms with van der Waals surface area (Å²) in [6.45, 7) is -0.0154. The summed E-state index contributed by atoms with van der Waals surface area (Å²) < 4.78 is 6.03. The normalized spacial score (nSPS) is 10.2. The molecule has 0 radical (unpaired) electrons. The van der Waals surface area contributed by atoms with Gasteiger partial charge in [-0.3, -0.25) is 0 Å². The van der Waals surface area contributed by atoms with Crippen LogP contribution in [0.3, 0.4) is 0 Å². The van der Waals surface area contributed by atoms with Crippen molar-refractivity contribution < 1.29 is 9.53 Å². The number of carbonyl (C=O) groups is 1. The van der Waals surface area contributed by atoms with Crippen LogP contribution in [0.15, 0.2) is 48.5 Å². The standard InChI is InChI=1S/C17H11NO2S/c1-2-11-20-17(19)13-9-7-12(8-10-13)16-18-14-5-3-4-6-15(14)21-16/h1,3-10H,11H2. The van der Waals surface area contributed by atoms with Gasteiger partial charge in [0.05, 0.1) is 15.8 Å². The van der Waals surface area contributed by atoms with Crippen molar-refractivity contribution in [1.82, 2.24) is 4.98 Å². The van der Waals surface area contributed by atoms with E-state index in [-0.39, 0.29) is 6.61 Å². The molecule has 0 fully saturated rings. The maximum atomic E-state index is 11.7. The summed E-state index contributed by atoms with van der Waals surface area (Å²) in [6, 6.07) is 15.2. The van der Waals surface area contributed by atoms with Gasteiger partial charge in [-0.25, -0.2) is 9.78 Å². The summed E-state index contributed by atoms with van der Waals surface area (Å²) in [7, 11) is 0. The Morgan fingerprint density at radius 2 is 1.95 bits per heavy atom. The number of rotatable bonds is 3. The van der Waals surface area contributed by atoms with Crippen molar-refractivity contribution in [2.75, 3.05) is 6.61 Å². The Morgan fingerprint density at radius 3 is 2.67 bits per heavy atom. The molecule has 1 heterocycles. The summed E-state index contributed by atoms with van der Waals surface area (Å²) in [4.78, 5) is 16.2. The minimum absolute atomic E-state index is 0.0154. The van der Waals surface area contributed by atoms with Crippen molar-refractivity contribution in [3.8, 4) is 22.9 Å². The minimum atomic E-state index is -0.413. The maximum Gasteiger partial charge on any atom is 0.339 e. The van der Waals surface area contributed by atoms with Gasteiger partial charge in [0.25, 0.3) is 0 Å². The Labute approximate surface area is 126 Å². The third-order valence-electron chi connectivity index (χ3n) is 2.95. The highest BCUT2D eigenvalue weighted by Gasteiger charge is 2.09. The highest BCUT2D eigenvalue weighted by molar-refractivity contribution is 7.21. The molecule has 0 bridgehead atoms. The molecule has 3 nitrogen and oxygen atoms in total. The van der Waals surface area contributed by atoms with Gasteiger partial charge in [0.2, 0.25) is 0 Å². The maximum absolute atomic E-state index is 11.7. The van der Waals surface area contributed by atoms with E-state index in [1.54, 1.807) is 23.5 Å². The SMILES string of the molecule is C#CCOC(=O)c1ccc(-c2nc3ccccc3s2)cc1. The molecule has 3 aromatic rings. The highest BCUT2D eigenvalue weighted by atomic mass is 32.1. The first-order valence-corrected chi connectivity index (χ1v) is 7.16. The van der Waals surface area contributed by atoms with Crippen LogP contribution in [0.25, 0.3) is 20.8 Å². The van der Waals surface area contributed by atoms with Gasteiger partial charge in [0.1, 0.15) is 5.01 Å². The molecule has 21 heavy (non-hydrogen) atoms. The molecule has 0 unspecified atom stereocenters. The van der Waals surface area contributed by atoms with E-state index >= 15 is 0 Å². The summed E-state index contributed by atoms with van der Waals surface area (Å²) in [5.74, 6) is 1.86. The largest absolute Gasteiger partial charge is 0.449 e. The van der Waals surface area contributed by atoms with Crippen LogP contribution in [0.5, 0.6) is 0 Å². The third kappa shape index (κ3) is 2.78. The number of hydrogen-bond acceptors (Lipinski definition) is 4. The van der Waals surface area contributed by atoms with E-state index in [0.29, 0.717) is 5.56 Å². The molecular formula is C17H11NO2S. The summed E-state index contributed by atoms with van der Waals surface area (Å²) in [6.07, 6.45) is 5.06. The van der Waals surface area contributed by atoms with Crippen LogP contribution >= 0.6 is 11.3 Å². The molecule has 0 aliphatic carbocycles. The fourth-order valence-corrected chi connectivity index (χ4v) is 2.91. The second kappa shape index (κ2) is 5.78. The van der Waals surface area contributed by atoms with Gasteiger partial charge in [-0.1, -0.05) is 30.2 Å². The van der Waals surface area contributed by atoms with Crippen LogP contribution < -0.4 is 0 Å². The molecule has 3 rings (SSSR count). The zero-order chi connectivity index (χ0) is 14.7. The Bertz CT molecular complexity index is 795. The average molecular weight is 293 g/mol. The van der Waals surface area contributed by atoms with Crippen molar-refractivity contribution in [2.45, 2.75) is 0 Å². The minimum Gasteiger partial charge on any atom is -0.449 e. The van der Waals surface area contributed by atoms with Crippen LogP contribution in [0.1, 0.15) is 10.4 Å². The molecule has 0 spiro atoms. The lowest BCUT2D eigenvalue weighted by molar-refractivity contribution is 0.0557. The third-order valence-corrected chi connectivity index (χ3v) is 4.03. The number of terminal acetylenes is 1. The van der Waals surface area contributed by atoms with Crippen LogP contribution in [-0.2, 0) is 4.74 Å². The van der Waals surface area contributed by atoms with E-state index in [9.17, 15) is 4.79 Å². The smallest absolute Gasteiger partial charge is 0.339 e. The van der Waals surface area contributed by atoms with Crippen LogP contribution in [-0.4, -0.2) is 17.6 Å². The lowest BCUT2D eigenvalue weighted by Gasteiger charge is -2.01. The number of carbonyl (C=O) groups excluding carboxylic acids is 1. The molecule has 2 aromatic carbocycles. The predicted molar refractivity (Wildman–Crippen MR) is 84.2 cm³/mol. The van der Waals surface area contributed by atoms with E-state index in [1.165, 1.54) is 0 Å². The molecule has 0 aliphatic heterocycles. The molecule has 1 aromatic heterocycles. The molecule has 0 atom stereocenters. The Hall–Kier alpha value is -2.64. The molecule has 0 saturated carbocycles. The number of fused-ring (bicyclic) bond motifs is 1. The Balaban J connectivity index is 1.87. The highest BCUT2D eigenvalue weighted by Crippen LogP contribution is 2.30. The van der Waals surface area contributed by atoms with Gasteiger partial charge in [-0.15, -0.1) is 17.8 Å². The van der Waals surface area contributed by atoms with Gasteiger partial charge < -0.3 is 4.74 Å². The van der Waals surface area contributed by atoms with Gasteiger partial charge in [-0.05, 0) is 24.3 Å².